The Labute approximate surface area is 134 Å². The van der Waals surface area contributed by atoms with E-state index >= 15 is 0 Å². The van der Waals surface area contributed by atoms with Crippen molar-refractivity contribution in [3.05, 3.63) is 54.2 Å². The lowest BCUT2D eigenvalue weighted by Gasteiger charge is -2.08. The number of hydrogen-bond donors (Lipinski definition) is 3. The number of carbonyl (C=O) groups excluding carboxylic acids is 1. The molecule has 0 aliphatic heterocycles. The molecule has 0 spiro atoms. The molecule has 0 saturated carbocycles. The van der Waals surface area contributed by atoms with E-state index in [2.05, 4.69) is 15.6 Å². The third-order valence-electron chi connectivity index (χ3n) is 2.83. The molecule has 0 aliphatic rings. The molecular formula is C16H19N3O2S. The average molecular weight is 317 g/mol. The van der Waals surface area contributed by atoms with Crippen LogP contribution in [0, 0.1) is 0 Å². The fourth-order valence-corrected chi connectivity index (χ4v) is 2.59. The number of benzene rings is 1. The maximum absolute atomic E-state index is 11.7. The van der Waals surface area contributed by atoms with Crippen LogP contribution in [0.25, 0.3) is 0 Å². The number of hydrogen-bond acceptors (Lipinski definition) is 4. The van der Waals surface area contributed by atoms with Crippen molar-refractivity contribution in [2.45, 2.75) is 17.2 Å². The van der Waals surface area contributed by atoms with Crippen LogP contribution in [0.3, 0.4) is 0 Å². The minimum absolute atomic E-state index is 0.0700. The number of rotatable bonds is 7. The third kappa shape index (κ3) is 5.75. The summed E-state index contributed by atoms with van der Waals surface area (Å²) in [5.74, 6) is 0.790. The van der Waals surface area contributed by atoms with Crippen LogP contribution >= 0.6 is 11.8 Å². The van der Waals surface area contributed by atoms with Crippen molar-refractivity contribution >= 4 is 23.5 Å². The number of pyridine rings is 1. The molecule has 0 bridgehead atoms. The zero-order chi connectivity index (χ0) is 15.6. The Balaban J connectivity index is 1.85. The largest absolute Gasteiger partial charge is 0.396 e. The molecule has 0 radical (unpaired) electrons. The zero-order valence-electron chi connectivity index (χ0n) is 12.2. The summed E-state index contributed by atoms with van der Waals surface area (Å²) in [5, 5.41) is 15.1. The van der Waals surface area contributed by atoms with Crippen molar-refractivity contribution in [2.75, 3.05) is 18.5 Å². The first-order valence-electron chi connectivity index (χ1n) is 7.06. The van der Waals surface area contributed by atoms with Gasteiger partial charge < -0.3 is 15.7 Å². The second-order valence-corrected chi connectivity index (χ2v) is 5.61. The summed E-state index contributed by atoms with van der Waals surface area (Å²) in [5.41, 5.74) is 1.87. The Morgan fingerprint density at radius 1 is 1.23 bits per heavy atom. The van der Waals surface area contributed by atoms with E-state index in [9.17, 15) is 4.79 Å². The molecule has 3 N–H and O–H groups in total. The number of aliphatic hydroxyl groups is 1. The average Bonchev–Trinajstić information content (AvgIpc) is 2.54. The topological polar surface area (TPSA) is 74.2 Å². The van der Waals surface area contributed by atoms with E-state index in [0.717, 1.165) is 22.0 Å². The van der Waals surface area contributed by atoms with Gasteiger partial charge in [-0.15, -0.1) is 11.8 Å². The van der Waals surface area contributed by atoms with Gasteiger partial charge in [0.2, 0.25) is 0 Å². The molecule has 1 aromatic carbocycles. The van der Waals surface area contributed by atoms with Gasteiger partial charge in [-0.25, -0.2) is 9.78 Å². The van der Waals surface area contributed by atoms with Gasteiger partial charge in [0.25, 0.3) is 0 Å². The molecule has 1 aromatic heterocycles. The standard InChI is InChI=1S/C16H19N3O2S/c20-10-4-9-18-16(21)19-14-6-3-5-13(11-14)12-22-15-7-1-2-8-17-15/h1-3,5-8,11,20H,4,9-10,12H2,(H2,18,19,21). The van der Waals surface area contributed by atoms with Crippen molar-refractivity contribution in [2.24, 2.45) is 0 Å². The highest BCUT2D eigenvalue weighted by atomic mass is 32.2. The SMILES string of the molecule is O=C(NCCCO)Nc1cccc(CSc2ccccn2)c1. The molecule has 6 heteroatoms. The summed E-state index contributed by atoms with van der Waals surface area (Å²) in [6, 6.07) is 13.3. The molecule has 2 amide bonds. The summed E-state index contributed by atoms with van der Waals surface area (Å²) in [6.07, 6.45) is 2.32. The molecule has 0 saturated heterocycles. The Morgan fingerprint density at radius 2 is 2.14 bits per heavy atom. The predicted octanol–water partition coefficient (Wildman–Crippen LogP) is 2.88. The summed E-state index contributed by atoms with van der Waals surface area (Å²) < 4.78 is 0. The van der Waals surface area contributed by atoms with Crippen molar-refractivity contribution in [1.29, 1.82) is 0 Å². The highest BCUT2D eigenvalue weighted by Gasteiger charge is 2.02. The summed E-state index contributed by atoms with van der Waals surface area (Å²) in [4.78, 5) is 15.9. The minimum Gasteiger partial charge on any atom is -0.396 e. The Morgan fingerprint density at radius 3 is 2.91 bits per heavy atom. The van der Waals surface area contributed by atoms with Crippen LogP contribution < -0.4 is 10.6 Å². The molecule has 2 aromatic rings. The maximum atomic E-state index is 11.7. The number of aromatic nitrogens is 1. The van der Waals surface area contributed by atoms with E-state index in [1.807, 2.05) is 42.5 Å². The molecule has 22 heavy (non-hydrogen) atoms. The van der Waals surface area contributed by atoms with Crippen LogP contribution in [0.1, 0.15) is 12.0 Å². The van der Waals surface area contributed by atoms with Crippen LogP contribution in [-0.2, 0) is 5.75 Å². The number of amides is 2. The Kier molecular flexibility index (Phi) is 6.73. The Bertz CT molecular complexity index is 593. The second-order valence-electron chi connectivity index (χ2n) is 4.62. The molecule has 0 aliphatic carbocycles. The summed E-state index contributed by atoms with van der Waals surface area (Å²) in [6.45, 7) is 0.526. The predicted molar refractivity (Wildman–Crippen MR) is 89.0 cm³/mol. The molecule has 1 heterocycles. The van der Waals surface area contributed by atoms with Crippen LogP contribution in [0.15, 0.2) is 53.7 Å². The van der Waals surface area contributed by atoms with E-state index in [0.29, 0.717) is 13.0 Å². The summed E-state index contributed by atoms with van der Waals surface area (Å²) in [7, 11) is 0. The van der Waals surface area contributed by atoms with Crippen molar-refractivity contribution < 1.29 is 9.90 Å². The lowest BCUT2D eigenvalue weighted by Crippen LogP contribution is -2.29. The quantitative estimate of drug-likeness (QED) is 0.542. The van der Waals surface area contributed by atoms with Gasteiger partial charge in [-0.05, 0) is 36.2 Å². The van der Waals surface area contributed by atoms with Gasteiger partial charge in [0.1, 0.15) is 0 Å². The second kappa shape index (κ2) is 9.07. The molecule has 0 fully saturated rings. The number of carbonyl (C=O) groups is 1. The first-order chi connectivity index (χ1) is 10.8. The van der Waals surface area contributed by atoms with E-state index in [4.69, 9.17) is 5.11 Å². The van der Waals surface area contributed by atoms with Gasteiger partial charge in [0.15, 0.2) is 0 Å². The monoisotopic (exact) mass is 317 g/mol. The maximum Gasteiger partial charge on any atom is 0.319 e. The first kappa shape index (κ1) is 16.3. The highest BCUT2D eigenvalue weighted by Crippen LogP contribution is 2.21. The van der Waals surface area contributed by atoms with Crippen LogP contribution in [0.2, 0.25) is 0 Å². The van der Waals surface area contributed by atoms with Crippen molar-refractivity contribution in [3.63, 3.8) is 0 Å². The van der Waals surface area contributed by atoms with E-state index in [1.54, 1.807) is 18.0 Å². The normalized spacial score (nSPS) is 10.2. The number of urea groups is 1. The van der Waals surface area contributed by atoms with Gasteiger partial charge in [-0.3, -0.25) is 0 Å². The lowest BCUT2D eigenvalue weighted by atomic mass is 10.2. The van der Waals surface area contributed by atoms with Gasteiger partial charge in [-0.1, -0.05) is 18.2 Å². The third-order valence-corrected chi connectivity index (χ3v) is 3.84. The smallest absolute Gasteiger partial charge is 0.319 e. The van der Waals surface area contributed by atoms with Gasteiger partial charge in [0, 0.05) is 30.8 Å². The van der Waals surface area contributed by atoms with Crippen molar-refractivity contribution in [1.82, 2.24) is 10.3 Å². The van der Waals surface area contributed by atoms with E-state index in [1.165, 1.54) is 0 Å². The van der Waals surface area contributed by atoms with Gasteiger partial charge in [0.05, 0.1) is 5.03 Å². The molecule has 0 unspecified atom stereocenters. The molecule has 5 nitrogen and oxygen atoms in total. The van der Waals surface area contributed by atoms with Gasteiger partial charge in [-0.2, -0.15) is 0 Å². The molecule has 2 rings (SSSR count). The van der Waals surface area contributed by atoms with Gasteiger partial charge >= 0.3 is 6.03 Å². The molecular weight excluding hydrogens is 298 g/mol. The van der Waals surface area contributed by atoms with Crippen LogP contribution in [0.5, 0.6) is 0 Å². The zero-order valence-corrected chi connectivity index (χ0v) is 13.0. The number of anilines is 1. The first-order valence-corrected chi connectivity index (χ1v) is 8.05. The Hall–Kier alpha value is -2.05. The van der Waals surface area contributed by atoms with E-state index in [-0.39, 0.29) is 12.6 Å². The number of nitrogens with one attached hydrogen (secondary N) is 2. The van der Waals surface area contributed by atoms with Crippen molar-refractivity contribution in [3.8, 4) is 0 Å². The lowest BCUT2D eigenvalue weighted by molar-refractivity contribution is 0.249. The van der Waals surface area contributed by atoms with Crippen LogP contribution in [-0.4, -0.2) is 29.3 Å². The molecule has 116 valence electrons. The highest BCUT2D eigenvalue weighted by molar-refractivity contribution is 7.98. The van der Waals surface area contributed by atoms with Crippen LogP contribution in [0.4, 0.5) is 10.5 Å². The summed E-state index contributed by atoms with van der Waals surface area (Å²) >= 11 is 1.65. The van der Waals surface area contributed by atoms with E-state index < -0.39 is 0 Å². The fraction of sp³-hybridized carbons (Fsp3) is 0.250. The fourth-order valence-electron chi connectivity index (χ4n) is 1.78. The number of thioether (sulfide) groups is 1. The minimum atomic E-state index is -0.261. The number of aliphatic hydroxyl groups excluding tert-OH is 1. The number of nitrogens with zero attached hydrogens (tertiary/aromatic N) is 1. The molecule has 0 atom stereocenters.